The summed E-state index contributed by atoms with van der Waals surface area (Å²) in [4.78, 5) is 28.0. The molecule has 9 nitrogen and oxygen atoms in total. The van der Waals surface area contributed by atoms with Gasteiger partial charge in [0, 0.05) is 56.2 Å². The molecule has 1 saturated heterocycles. The van der Waals surface area contributed by atoms with Gasteiger partial charge >= 0.3 is 6.03 Å². The van der Waals surface area contributed by atoms with Gasteiger partial charge in [-0.05, 0) is 74.6 Å². The first-order chi connectivity index (χ1) is 20.2. The van der Waals surface area contributed by atoms with Gasteiger partial charge in [-0.2, -0.15) is 0 Å². The highest BCUT2D eigenvalue weighted by atomic mass is 32.2. The Morgan fingerprint density at radius 1 is 1.05 bits per heavy atom. The third-order valence-corrected chi connectivity index (χ3v) is 10.2. The minimum Gasteiger partial charge on any atom is -0.380 e. The molecule has 1 aromatic carbocycles. The summed E-state index contributed by atoms with van der Waals surface area (Å²) in [5.41, 5.74) is 5.42. The first-order valence-electron chi connectivity index (χ1n) is 14.8. The fourth-order valence-corrected chi connectivity index (χ4v) is 7.39. The number of hydrogen-bond donors (Lipinski definition) is 1. The number of carbonyl (C=O) groups is 1. The maximum Gasteiger partial charge on any atom is 0.322 e. The number of piperidine rings is 1. The number of carbonyl (C=O) groups excluding carboxylic acids is 1. The molecule has 1 spiro atoms. The molecule has 222 valence electrons. The van der Waals surface area contributed by atoms with Crippen molar-refractivity contribution in [3.05, 3.63) is 65.5 Å². The van der Waals surface area contributed by atoms with Gasteiger partial charge < -0.3 is 15.0 Å². The molecule has 3 aromatic rings. The SMILES string of the molecule is COC1CCCN(c2ccc(-c3ccc4c(n3)C3(CCCC3)CN4C(=O)NCc3ccc(S(C)(=O)=O)cc3)c(C)n2)C1. The van der Waals surface area contributed by atoms with Gasteiger partial charge in [-0.3, -0.25) is 4.90 Å². The summed E-state index contributed by atoms with van der Waals surface area (Å²) in [6, 6.07) is 14.7. The molecule has 42 heavy (non-hydrogen) atoms. The zero-order valence-corrected chi connectivity index (χ0v) is 25.4. The van der Waals surface area contributed by atoms with Crippen LogP contribution in [-0.4, -0.2) is 63.5 Å². The summed E-state index contributed by atoms with van der Waals surface area (Å²) in [6.45, 7) is 4.80. The smallest absolute Gasteiger partial charge is 0.322 e. The second-order valence-electron chi connectivity index (χ2n) is 12.0. The molecule has 1 N–H and O–H groups in total. The topological polar surface area (TPSA) is 105 Å². The third kappa shape index (κ3) is 5.49. The number of urea groups is 1. The average Bonchev–Trinajstić information content (AvgIpc) is 3.60. The standard InChI is InChI=1S/C32H39N5O4S/c1-22-26(12-15-29(34-22)36-18-6-7-24(20-36)41-2)27-13-14-28-30(35-27)32(16-4-5-17-32)21-37(28)31(38)33-19-23-8-10-25(11-9-23)42(3,39)40/h8-15,24H,4-7,16-21H2,1-3H3,(H,33,38). The summed E-state index contributed by atoms with van der Waals surface area (Å²) in [6.07, 6.45) is 7.88. The van der Waals surface area contributed by atoms with Crippen molar-refractivity contribution in [1.29, 1.82) is 0 Å². The van der Waals surface area contributed by atoms with Crippen LogP contribution in [0.1, 0.15) is 55.5 Å². The first-order valence-corrected chi connectivity index (χ1v) is 16.7. The molecular weight excluding hydrogens is 550 g/mol. The highest BCUT2D eigenvalue weighted by molar-refractivity contribution is 7.90. The maximum absolute atomic E-state index is 13.5. The van der Waals surface area contributed by atoms with Gasteiger partial charge in [0.25, 0.3) is 0 Å². The number of sulfone groups is 1. The average molecular weight is 590 g/mol. The van der Waals surface area contributed by atoms with Crippen molar-refractivity contribution in [1.82, 2.24) is 15.3 Å². The number of rotatable bonds is 6. The van der Waals surface area contributed by atoms with E-state index in [4.69, 9.17) is 14.7 Å². The Labute approximate surface area is 248 Å². The minimum atomic E-state index is -3.26. The number of aryl methyl sites for hydroxylation is 1. The summed E-state index contributed by atoms with van der Waals surface area (Å²) >= 11 is 0. The van der Waals surface area contributed by atoms with Crippen LogP contribution in [0.15, 0.2) is 53.4 Å². The van der Waals surface area contributed by atoms with Crippen molar-refractivity contribution in [3.8, 4) is 11.3 Å². The molecule has 2 fully saturated rings. The Bertz CT molecular complexity index is 1580. The van der Waals surface area contributed by atoms with Gasteiger partial charge in [-0.15, -0.1) is 0 Å². The van der Waals surface area contributed by atoms with Crippen molar-refractivity contribution in [2.24, 2.45) is 0 Å². The molecule has 2 aliphatic heterocycles. The van der Waals surface area contributed by atoms with Crippen LogP contribution in [0.2, 0.25) is 0 Å². The van der Waals surface area contributed by atoms with Crippen molar-refractivity contribution in [2.75, 3.05) is 42.8 Å². The van der Waals surface area contributed by atoms with E-state index in [-0.39, 0.29) is 22.4 Å². The van der Waals surface area contributed by atoms with Crippen LogP contribution in [0, 0.1) is 6.92 Å². The Morgan fingerprint density at radius 2 is 1.81 bits per heavy atom. The number of ether oxygens (including phenoxy) is 1. The van der Waals surface area contributed by atoms with Crippen LogP contribution in [0.3, 0.4) is 0 Å². The fourth-order valence-electron chi connectivity index (χ4n) is 6.76. The van der Waals surface area contributed by atoms with Crippen LogP contribution >= 0.6 is 0 Å². The molecule has 1 saturated carbocycles. The lowest BCUT2D eigenvalue weighted by Gasteiger charge is -2.33. The number of anilines is 2. The zero-order chi connectivity index (χ0) is 29.5. The van der Waals surface area contributed by atoms with Gasteiger partial charge in [-0.25, -0.2) is 23.2 Å². The molecule has 1 atom stereocenters. The molecule has 6 rings (SSSR count). The van der Waals surface area contributed by atoms with E-state index >= 15 is 0 Å². The largest absolute Gasteiger partial charge is 0.380 e. The number of nitrogens with one attached hydrogen (secondary N) is 1. The van der Waals surface area contributed by atoms with E-state index in [1.54, 1.807) is 31.4 Å². The van der Waals surface area contributed by atoms with Crippen molar-refractivity contribution in [3.63, 3.8) is 0 Å². The molecule has 10 heteroatoms. The molecule has 0 bridgehead atoms. The van der Waals surface area contributed by atoms with E-state index in [0.717, 1.165) is 91.3 Å². The van der Waals surface area contributed by atoms with E-state index in [1.165, 1.54) is 6.26 Å². The van der Waals surface area contributed by atoms with E-state index in [0.29, 0.717) is 13.1 Å². The molecule has 0 radical (unpaired) electrons. The lowest BCUT2D eigenvalue weighted by Crippen LogP contribution is -2.41. The second kappa shape index (κ2) is 11.3. The number of fused-ring (bicyclic) bond motifs is 2. The Kier molecular flexibility index (Phi) is 7.70. The number of methoxy groups -OCH3 is 1. The zero-order valence-electron chi connectivity index (χ0n) is 24.6. The normalized spacial score (nSPS) is 19.7. The highest BCUT2D eigenvalue weighted by Gasteiger charge is 2.47. The molecular formula is C32H39N5O4S. The molecule has 2 amide bonds. The Morgan fingerprint density at radius 3 is 2.50 bits per heavy atom. The van der Waals surface area contributed by atoms with Gasteiger partial charge in [0.15, 0.2) is 9.84 Å². The van der Waals surface area contributed by atoms with Crippen LogP contribution in [0.4, 0.5) is 16.3 Å². The quantitative estimate of drug-likeness (QED) is 0.431. The van der Waals surface area contributed by atoms with E-state index in [1.807, 2.05) is 24.0 Å². The van der Waals surface area contributed by atoms with Crippen molar-refractivity contribution < 1.29 is 17.9 Å². The summed E-state index contributed by atoms with van der Waals surface area (Å²) in [7, 11) is -1.48. The molecule has 1 unspecified atom stereocenters. The fraction of sp³-hybridized carbons (Fsp3) is 0.469. The van der Waals surface area contributed by atoms with E-state index in [9.17, 15) is 13.2 Å². The van der Waals surface area contributed by atoms with E-state index in [2.05, 4.69) is 22.3 Å². The predicted molar refractivity (Wildman–Crippen MR) is 164 cm³/mol. The van der Waals surface area contributed by atoms with Crippen molar-refractivity contribution in [2.45, 2.75) is 68.4 Å². The van der Waals surface area contributed by atoms with Crippen LogP contribution in [-0.2, 0) is 26.5 Å². The number of benzene rings is 1. The predicted octanol–water partition coefficient (Wildman–Crippen LogP) is 5.01. The third-order valence-electron chi connectivity index (χ3n) is 9.11. The summed E-state index contributed by atoms with van der Waals surface area (Å²) in [5, 5.41) is 3.03. The lowest BCUT2D eigenvalue weighted by molar-refractivity contribution is 0.0891. The van der Waals surface area contributed by atoms with E-state index < -0.39 is 9.84 Å². The van der Waals surface area contributed by atoms with Crippen LogP contribution in [0.25, 0.3) is 11.3 Å². The number of nitrogens with zero attached hydrogens (tertiary/aromatic N) is 4. The van der Waals surface area contributed by atoms with Gasteiger partial charge in [0.05, 0.1) is 28.1 Å². The van der Waals surface area contributed by atoms with Gasteiger partial charge in [0.1, 0.15) is 5.82 Å². The van der Waals surface area contributed by atoms with Crippen LogP contribution in [0.5, 0.6) is 0 Å². The van der Waals surface area contributed by atoms with Crippen LogP contribution < -0.4 is 15.1 Å². The Hall–Kier alpha value is -3.50. The highest BCUT2D eigenvalue weighted by Crippen LogP contribution is 2.50. The monoisotopic (exact) mass is 589 g/mol. The summed E-state index contributed by atoms with van der Waals surface area (Å²) < 4.78 is 29.1. The molecule has 2 aromatic heterocycles. The number of amides is 2. The first kappa shape index (κ1) is 28.6. The lowest BCUT2D eigenvalue weighted by atomic mass is 9.84. The van der Waals surface area contributed by atoms with Crippen molar-refractivity contribution >= 4 is 27.4 Å². The minimum absolute atomic E-state index is 0.135. The van der Waals surface area contributed by atoms with Gasteiger partial charge in [0.2, 0.25) is 0 Å². The number of hydrogen-bond acceptors (Lipinski definition) is 7. The number of pyridine rings is 2. The molecule has 1 aliphatic carbocycles. The van der Waals surface area contributed by atoms with Gasteiger partial charge in [-0.1, -0.05) is 25.0 Å². The molecule has 3 aliphatic rings. The summed E-state index contributed by atoms with van der Waals surface area (Å²) in [5.74, 6) is 0.972. The maximum atomic E-state index is 13.5. The second-order valence-corrected chi connectivity index (χ2v) is 14.0. The molecule has 4 heterocycles. The number of aromatic nitrogens is 2. The Balaban J connectivity index is 1.23.